The number of nitrogens with zero attached hydrogens (tertiary/aromatic N) is 3. The van der Waals surface area contributed by atoms with E-state index in [1.165, 1.54) is 6.07 Å². The number of hydrogen-bond donors (Lipinski definition) is 2. The van der Waals surface area contributed by atoms with Gasteiger partial charge in [-0.3, -0.25) is 10.1 Å². The van der Waals surface area contributed by atoms with Crippen molar-refractivity contribution in [1.29, 1.82) is 0 Å². The van der Waals surface area contributed by atoms with Crippen molar-refractivity contribution in [1.82, 2.24) is 4.98 Å². The standard InChI is InChI=1S/C11H13N3.C7H4ClNO4/c1-14(2)11-7-9(12)8-5-3-4-6-10(8)13-11;8-6-2-1-4(9(12)13)3-5(6)7(10)11/h3-7H,1-2H3,(H2,12,13);1-3H,(H,10,11). The topological polar surface area (TPSA) is 123 Å². The van der Waals surface area contributed by atoms with Gasteiger partial charge in [0.15, 0.2) is 0 Å². The van der Waals surface area contributed by atoms with Gasteiger partial charge in [-0.2, -0.15) is 0 Å². The number of nitro benzene ring substituents is 1. The fraction of sp³-hybridized carbons (Fsp3) is 0.111. The number of nitrogen functional groups attached to an aromatic ring is 1. The van der Waals surface area contributed by atoms with Gasteiger partial charge in [-0.25, -0.2) is 9.78 Å². The third-order valence-electron chi connectivity index (χ3n) is 3.58. The van der Waals surface area contributed by atoms with Gasteiger partial charge < -0.3 is 15.7 Å². The average molecular weight is 389 g/mol. The van der Waals surface area contributed by atoms with Gasteiger partial charge in [0, 0.05) is 43.4 Å². The molecule has 0 saturated heterocycles. The van der Waals surface area contributed by atoms with E-state index in [-0.39, 0.29) is 16.3 Å². The summed E-state index contributed by atoms with van der Waals surface area (Å²) in [7, 11) is 3.91. The summed E-state index contributed by atoms with van der Waals surface area (Å²) in [6.45, 7) is 0. The predicted molar refractivity (Wildman–Crippen MR) is 106 cm³/mol. The Balaban J connectivity index is 0.000000194. The molecule has 3 N–H and O–H groups in total. The van der Waals surface area contributed by atoms with E-state index in [0.29, 0.717) is 0 Å². The number of rotatable bonds is 3. The molecule has 0 spiro atoms. The second kappa shape index (κ2) is 8.33. The summed E-state index contributed by atoms with van der Waals surface area (Å²) in [4.78, 5) is 26.5. The number of carboxylic acid groups (broad SMARTS) is 1. The van der Waals surface area contributed by atoms with E-state index in [4.69, 9.17) is 22.4 Å². The lowest BCUT2D eigenvalue weighted by Crippen LogP contribution is -2.11. The molecule has 27 heavy (non-hydrogen) atoms. The van der Waals surface area contributed by atoms with Crippen LogP contribution in [0.5, 0.6) is 0 Å². The summed E-state index contributed by atoms with van der Waals surface area (Å²) in [5, 5.41) is 19.8. The minimum Gasteiger partial charge on any atom is -0.478 e. The zero-order valence-electron chi connectivity index (χ0n) is 14.6. The van der Waals surface area contributed by atoms with Crippen LogP contribution in [0.3, 0.4) is 0 Å². The molecular formula is C18H17ClN4O4. The van der Waals surface area contributed by atoms with Gasteiger partial charge in [0.05, 0.1) is 21.0 Å². The highest BCUT2D eigenvalue weighted by molar-refractivity contribution is 6.33. The predicted octanol–water partition coefficient (Wildman–Crippen LogP) is 3.83. The number of hydrogen-bond acceptors (Lipinski definition) is 6. The maximum atomic E-state index is 10.5. The highest BCUT2D eigenvalue weighted by Gasteiger charge is 2.14. The third-order valence-corrected chi connectivity index (χ3v) is 3.91. The number of carboxylic acids is 1. The monoisotopic (exact) mass is 388 g/mol. The summed E-state index contributed by atoms with van der Waals surface area (Å²) >= 11 is 5.49. The molecule has 140 valence electrons. The number of fused-ring (bicyclic) bond motifs is 1. The normalized spacial score (nSPS) is 10.0. The highest BCUT2D eigenvalue weighted by Crippen LogP contribution is 2.23. The van der Waals surface area contributed by atoms with Crippen molar-refractivity contribution >= 4 is 45.7 Å². The molecule has 1 heterocycles. The number of para-hydroxylation sites is 1. The Bertz CT molecular complexity index is 1010. The number of nitro groups is 1. The summed E-state index contributed by atoms with van der Waals surface area (Å²) in [5.41, 5.74) is 7.09. The van der Waals surface area contributed by atoms with Crippen LogP contribution in [0.1, 0.15) is 10.4 Å². The van der Waals surface area contributed by atoms with Crippen LogP contribution in [0.15, 0.2) is 48.5 Å². The minimum atomic E-state index is -1.28. The fourth-order valence-corrected chi connectivity index (χ4v) is 2.41. The van der Waals surface area contributed by atoms with Gasteiger partial charge in [-0.1, -0.05) is 29.8 Å². The molecule has 1 aromatic heterocycles. The van der Waals surface area contributed by atoms with Crippen LogP contribution < -0.4 is 10.6 Å². The second-order valence-electron chi connectivity index (χ2n) is 5.71. The van der Waals surface area contributed by atoms with E-state index in [2.05, 4.69) is 4.98 Å². The number of pyridine rings is 1. The number of benzene rings is 2. The maximum Gasteiger partial charge on any atom is 0.337 e. The van der Waals surface area contributed by atoms with E-state index < -0.39 is 10.9 Å². The molecule has 0 aliphatic carbocycles. The quantitative estimate of drug-likeness (QED) is 0.516. The number of aromatic nitrogens is 1. The Morgan fingerprint density at radius 2 is 1.89 bits per heavy atom. The number of nitrogens with two attached hydrogens (primary N) is 1. The largest absolute Gasteiger partial charge is 0.478 e. The first kappa shape index (κ1) is 19.9. The molecule has 0 unspecified atom stereocenters. The van der Waals surface area contributed by atoms with Crippen molar-refractivity contribution in [3.05, 3.63) is 69.2 Å². The molecule has 0 radical (unpaired) electrons. The zero-order chi connectivity index (χ0) is 20.1. The van der Waals surface area contributed by atoms with Gasteiger partial charge in [-0.05, 0) is 12.1 Å². The highest BCUT2D eigenvalue weighted by atomic mass is 35.5. The molecule has 2 aromatic carbocycles. The van der Waals surface area contributed by atoms with Crippen LogP contribution in [0, 0.1) is 10.1 Å². The Hall–Kier alpha value is -3.39. The van der Waals surface area contributed by atoms with Crippen molar-refractivity contribution in [3.8, 4) is 0 Å². The lowest BCUT2D eigenvalue weighted by Gasteiger charge is -2.13. The summed E-state index contributed by atoms with van der Waals surface area (Å²) < 4.78 is 0. The fourth-order valence-electron chi connectivity index (χ4n) is 2.21. The molecule has 0 saturated carbocycles. The van der Waals surface area contributed by atoms with Crippen LogP contribution in [0.25, 0.3) is 10.9 Å². The van der Waals surface area contributed by atoms with Crippen molar-refractivity contribution in [2.24, 2.45) is 0 Å². The van der Waals surface area contributed by atoms with E-state index in [1.807, 2.05) is 49.3 Å². The lowest BCUT2D eigenvalue weighted by molar-refractivity contribution is -0.384. The number of halogens is 1. The summed E-state index contributed by atoms with van der Waals surface area (Å²) in [6, 6.07) is 13.0. The van der Waals surface area contributed by atoms with Crippen LogP contribution in [0.2, 0.25) is 5.02 Å². The Morgan fingerprint density at radius 1 is 1.22 bits per heavy atom. The number of anilines is 2. The number of carbonyl (C=O) groups is 1. The van der Waals surface area contributed by atoms with E-state index in [0.717, 1.165) is 34.5 Å². The van der Waals surface area contributed by atoms with Crippen LogP contribution in [0.4, 0.5) is 17.2 Å². The molecule has 0 atom stereocenters. The molecule has 8 nitrogen and oxygen atoms in total. The van der Waals surface area contributed by atoms with E-state index in [9.17, 15) is 14.9 Å². The number of aromatic carboxylic acids is 1. The van der Waals surface area contributed by atoms with Crippen molar-refractivity contribution in [3.63, 3.8) is 0 Å². The summed E-state index contributed by atoms with van der Waals surface area (Å²) in [6.07, 6.45) is 0. The van der Waals surface area contributed by atoms with Gasteiger partial charge in [0.2, 0.25) is 0 Å². The smallest absolute Gasteiger partial charge is 0.337 e. The maximum absolute atomic E-state index is 10.5. The third kappa shape index (κ3) is 4.83. The SMILES string of the molecule is CN(C)c1cc(N)c2ccccc2n1.O=C(O)c1cc([N+](=O)[O-])ccc1Cl. The molecule has 3 rings (SSSR count). The first-order chi connectivity index (χ1) is 12.7. The van der Waals surface area contributed by atoms with Gasteiger partial charge in [-0.15, -0.1) is 0 Å². The zero-order valence-corrected chi connectivity index (χ0v) is 15.3. The lowest BCUT2D eigenvalue weighted by atomic mass is 10.2. The molecule has 0 aliphatic heterocycles. The van der Waals surface area contributed by atoms with Crippen LogP contribution in [-0.4, -0.2) is 35.1 Å². The molecule has 0 bridgehead atoms. The minimum absolute atomic E-state index is 0.0156. The van der Waals surface area contributed by atoms with Crippen LogP contribution >= 0.6 is 11.6 Å². The number of non-ortho nitro benzene ring substituents is 1. The van der Waals surface area contributed by atoms with Gasteiger partial charge in [0.1, 0.15) is 5.82 Å². The van der Waals surface area contributed by atoms with E-state index >= 15 is 0 Å². The average Bonchev–Trinajstić information content (AvgIpc) is 2.62. The van der Waals surface area contributed by atoms with Gasteiger partial charge in [0.25, 0.3) is 5.69 Å². The van der Waals surface area contributed by atoms with Crippen LogP contribution in [-0.2, 0) is 0 Å². The molecule has 3 aromatic rings. The van der Waals surface area contributed by atoms with Crippen molar-refractivity contribution in [2.75, 3.05) is 24.7 Å². The second-order valence-corrected chi connectivity index (χ2v) is 6.11. The molecule has 0 fully saturated rings. The van der Waals surface area contributed by atoms with E-state index in [1.54, 1.807) is 0 Å². The van der Waals surface area contributed by atoms with Crippen molar-refractivity contribution < 1.29 is 14.8 Å². The molecular weight excluding hydrogens is 372 g/mol. The Morgan fingerprint density at radius 3 is 2.48 bits per heavy atom. The Kier molecular flexibility index (Phi) is 6.15. The summed E-state index contributed by atoms with van der Waals surface area (Å²) in [5.74, 6) is -0.394. The first-order valence-corrected chi connectivity index (χ1v) is 8.08. The van der Waals surface area contributed by atoms with Gasteiger partial charge >= 0.3 is 5.97 Å². The Labute approximate surface area is 160 Å². The molecule has 0 amide bonds. The molecule has 0 aliphatic rings. The first-order valence-electron chi connectivity index (χ1n) is 7.70. The molecule has 9 heteroatoms. The van der Waals surface area contributed by atoms with Crippen molar-refractivity contribution in [2.45, 2.75) is 0 Å².